The van der Waals surface area contributed by atoms with Crippen molar-refractivity contribution in [2.24, 2.45) is 28.8 Å². The fourth-order valence-electron chi connectivity index (χ4n) is 5.63. The Balaban J connectivity index is 1.38. The van der Waals surface area contributed by atoms with Crippen molar-refractivity contribution in [2.75, 3.05) is 10.1 Å². The minimum Gasteiger partial charge on any atom is -0.280 e. The summed E-state index contributed by atoms with van der Waals surface area (Å²) in [4.78, 5) is 10.9. The van der Waals surface area contributed by atoms with Gasteiger partial charge in [-0.2, -0.15) is 5.10 Å². The van der Waals surface area contributed by atoms with E-state index in [1.54, 1.807) is 12.1 Å². The molecule has 4 bridgehead atoms. The summed E-state index contributed by atoms with van der Waals surface area (Å²) < 4.78 is 27.9. The Hall–Kier alpha value is -2.65. The largest absolute Gasteiger partial charge is 0.295 e. The third-order valence-corrected chi connectivity index (χ3v) is 8.48. The summed E-state index contributed by atoms with van der Waals surface area (Å²) in [7, 11) is -4.01. The predicted molar refractivity (Wildman–Crippen MR) is 123 cm³/mol. The van der Waals surface area contributed by atoms with E-state index in [9.17, 15) is 18.5 Å². The van der Waals surface area contributed by atoms with Crippen LogP contribution in [0.4, 0.5) is 17.1 Å². The van der Waals surface area contributed by atoms with Crippen LogP contribution in [0.15, 0.2) is 52.5 Å². The minimum atomic E-state index is -4.01. The second kappa shape index (κ2) is 8.04. The molecule has 2 N–H and O–H groups in total. The molecule has 0 unspecified atom stereocenters. The lowest BCUT2D eigenvalue weighted by Gasteiger charge is -2.50. The van der Waals surface area contributed by atoms with Gasteiger partial charge in [-0.1, -0.05) is 11.6 Å². The first-order chi connectivity index (χ1) is 15.3. The van der Waals surface area contributed by atoms with Crippen molar-refractivity contribution in [1.29, 1.82) is 0 Å². The zero-order chi connectivity index (χ0) is 22.5. The van der Waals surface area contributed by atoms with Crippen LogP contribution >= 0.6 is 11.6 Å². The van der Waals surface area contributed by atoms with Crippen molar-refractivity contribution in [1.82, 2.24) is 0 Å². The van der Waals surface area contributed by atoms with Crippen LogP contribution < -0.4 is 10.1 Å². The van der Waals surface area contributed by atoms with Gasteiger partial charge in [0.1, 0.15) is 5.69 Å². The first-order valence-electron chi connectivity index (χ1n) is 10.7. The standard InChI is InChI=1S/C22H23ClN4O4S/c23-17-1-3-18(4-2-17)26-32(30,31)19-5-6-20(21(12-19)27(28)29)24-25-22-15-8-13-7-14(10-15)11-16(22)9-13/h1-6,12-16,24,26H,7-11H2. The quantitative estimate of drug-likeness (QED) is 0.437. The van der Waals surface area contributed by atoms with Crippen LogP contribution in [0.3, 0.4) is 0 Å². The van der Waals surface area contributed by atoms with Gasteiger partial charge in [-0.25, -0.2) is 8.42 Å². The first kappa shape index (κ1) is 21.2. The van der Waals surface area contributed by atoms with E-state index in [0.29, 0.717) is 22.5 Å². The maximum absolute atomic E-state index is 12.7. The van der Waals surface area contributed by atoms with E-state index in [2.05, 4.69) is 15.2 Å². The number of sulfonamides is 1. The van der Waals surface area contributed by atoms with Crippen molar-refractivity contribution in [3.63, 3.8) is 0 Å². The molecule has 2 aromatic carbocycles. The second-order valence-electron chi connectivity index (χ2n) is 9.00. The van der Waals surface area contributed by atoms with Gasteiger partial charge in [-0.05, 0) is 92.2 Å². The summed E-state index contributed by atoms with van der Waals surface area (Å²) in [6.07, 6.45) is 5.96. The van der Waals surface area contributed by atoms with Crippen molar-refractivity contribution in [2.45, 2.75) is 37.0 Å². The normalized spacial score (nSPS) is 26.1. The van der Waals surface area contributed by atoms with E-state index in [1.165, 1.54) is 30.7 Å². The lowest BCUT2D eigenvalue weighted by atomic mass is 9.55. The van der Waals surface area contributed by atoms with Crippen molar-refractivity contribution < 1.29 is 13.3 Å². The summed E-state index contributed by atoms with van der Waals surface area (Å²) in [5, 5.41) is 16.7. The van der Waals surface area contributed by atoms with E-state index < -0.39 is 14.9 Å². The molecule has 0 atom stereocenters. The monoisotopic (exact) mass is 474 g/mol. The Morgan fingerprint density at radius 3 is 2.19 bits per heavy atom. The Labute approximate surface area is 191 Å². The summed E-state index contributed by atoms with van der Waals surface area (Å²) in [6, 6.07) is 9.93. The van der Waals surface area contributed by atoms with Crippen LogP contribution in [-0.4, -0.2) is 19.1 Å². The number of benzene rings is 2. The SMILES string of the molecule is O=[N+]([O-])c1cc(S(=O)(=O)Nc2ccc(Cl)cc2)ccc1NN=C1C2CC3CC(C2)CC1C3. The Bertz CT molecular complexity index is 1170. The molecule has 4 fully saturated rings. The number of nitrogens with zero attached hydrogens (tertiary/aromatic N) is 2. The fraction of sp³-hybridized carbons (Fsp3) is 0.409. The summed E-state index contributed by atoms with van der Waals surface area (Å²) in [5.74, 6) is 2.51. The van der Waals surface area contributed by atoms with Crippen LogP contribution in [0.2, 0.25) is 5.02 Å². The topological polar surface area (TPSA) is 114 Å². The highest BCUT2D eigenvalue weighted by Crippen LogP contribution is 2.52. The van der Waals surface area contributed by atoms with Gasteiger partial charge in [0.05, 0.1) is 9.82 Å². The Morgan fingerprint density at radius 2 is 1.59 bits per heavy atom. The number of nitrogens with one attached hydrogen (secondary N) is 2. The molecule has 0 radical (unpaired) electrons. The number of halogens is 1. The molecular formula is C22H23ClN4O4S. The molecule has 0 amide bonds. The summed E-state index contributed by atoms with van der Waals surface area (Å²) in [5.41, 5.74) is 4.15. The molecule has 4 aliphatic carbocycles. The van der Waals surface area contributed by atoms with Crippen LogP contribution in [0, 0.1) is 33.8 Å². The number of hydrazone groups is 1. The minimum absolute atomic E-state index is 0.182. The van der Waals surface area contributed by atoms with E-state index in [4.69, 9.17) is 11.6 Å². The van der Waals surface area contributed by atoms with E-state index in [1.807, 2.05) is 0 Å². The molecule has 10 heteroatoms. The number of nitro benzene ring substituents is 1. The van der Waals surface area contributed by atoms with Gasteiger partial charge in [-0.15, -0.1) is 0 Å². The molecular weight excluding hydrogens is 452 g/mol. The molecule has 0 aliphatic heterocycles. The van der Waals surface area contributed by atoms with Gasteiger partial charge in [-0.3, -0.25) is 20.3 Å². The smallest absolute Gasteiger partial charge is 0.280 e. The molecule has 168 valence electrons. The number of rotatable bonds is 6. The van der Waals surface area contributed by atoms with E-state index in [0.717, 1.165) is 49.3 Å². The van der Waals surface area contributed by atoms with Crippen LogP contribution in [0.1, 0.15) is 32.1 Å². The van der Waals surface area contributed by atoms with Gasteiger partial charge in [0.25, 0.3) is 15.7 Å². The molecule has 4 aliphatic rings. The Kier molecular flexibility index (Phi) is 5.33. The Morgan fingerprint density at radius 1 is 0.969 bits per heavy atom. The van der Waals surface area contributed by atoms with E-state index in [-0.39, 0.29) is 16.3 Å². The van der Waals surface area contributed by atoms with Crippen molar-refractivity contribution in [3.8, 4) is 0 Å². The summed E-state index contributed by atoms with van der Waals surface area (Å²) in [6.45, 7) is 0. The van der Waals surface area contributed by atoms with Gasteiger partial charge in [0.2, 0.25) is 0 Å². The van der Waals surface area contributed by atoms with Crippen LogP contribution in [0.25, 0.3) is 0 Å². The molecule has 0 saturated heterocycles. The van der Waals surface area contributed by atoms with Crippen molar-refractivity contribution in [3.05, 3.63) is 57.6 Å². The molecule has 4 saturated carbocycles. The van der Waals surface area contributed by atoms with E-state index >= 15 is 0 Å². The van der Waals surface area contributed by atoms with Gasteiger partial charge in [0, 0.05) is 22.5 Å². The molecule has 0 aromatic heterocycles. The average Bonchev–Trinajstić information content (AvgIpc) is 2.74. The van der Waals surface area contributed by atoms with Gasteiger partial charge < -0.3 is 0 Å². The number of hydrogen-bond acceptors (Lipinski definition) is 6. The van der Waals surface area contributed by atoms with Gasteiger partial charge in [0.15, 0.2) is 0 Å². The second-order valence-corrected chi connectivity index (χ2v) is 11.1. The first-order valence-corrected chi connectivity index (χ1v) is 12.5. The molecule has 0 heterocycles. The highest BCUT2D eigenvalue weighted by atomic mass is 35.5. The maximum Gasteiger partial charge on any atom is 0.295 e. The fourth-order valence-corrected chi connectivity index (χ4v) is 6.83. The molecule has 2 aromatic rings. The van der Waals surface area contributed by atoms with Crippen molar-refractivity contribution >= 4 is 44.4 Å². The van der Waals surface area contributed by atoms with Crippen LogP contribution in [0.5, 0.6) is 0 Å². The molecule has 8 nitrogen and oxygen atoms in total. The predicted octanol–water partition coefficient (Wildman–Crippen LogP) is 5.27. The summed E-state index contributed by atoms with van der Waals surface area (Å²) >= 11 is 5.83. The third-order valence-electron chi connectivity index (χ3n) is 6.85. The number of anilines is 2. The third kappa shape index (κ3) is 4.06. The lowest BCUT2D eigenvalue weighted by molar-refractivity contribution is -0.384. The maximum atomic E-state index is 12.7. The van der Waals surface area contributed by atoms with Gasteiger partial charge >= 0.3 is 0 Å². The highest BCUT2D eigenvalue weighted by Gasteiger charge is 2.46. The zero-order valence-corrected chi connectivity index (χ0v) is 18.8. The molecule has 32 heavy (non-hydrogen) atoms. The molecule has 0 spiro atoms. The molecule has 6 rings (SSSR count). The number of nitro groups is 1. The van der Waals surface area contributed by atoms with Crippen LogP contribution in [-0.2, 0) is 10.0 Å². The lowest BCUT2D eigenvalue weighted by Crippen LogP contribution is -2.45. The number of hydrogen-bond donors (Lipinski definition) is 2. The average molecular weight is 475 g/mol. The highest BCUT2D eigenvalue weighted by molar-refractivity contribution is 7.92. The zero-order valence-electron chi connectivity index (χ0n) is 17.2.